The molecule has 2 rings (SSSR count). The number of thiazole rings is 1. The van der Waals surface area contributed by atoms with Gasteiger partial charge in [-0.25, -0.2) is 4.98 Å². The molecule has 1 aromatic heterocycles. The highest BCUT2D eigenvalue weighted by Gasteiger charge is 2.18. The van der Waals surface area contributed by atoms with E-state index in [1.54, 1.807) is 6.92 Å². The Labute approximate surface area is 127 Å². The van der Waals surface area contributed by atoms with Gasteiger partial charge in [0.05, 0.1) is 12.1 Å². The molecule has 1 amide bonds. The molecule has 1 aliphatic rings. The molecule has 0 aromatic carbocycles. The van der Waals surface area contributed by atoms with E-state index in [0.29, 0.717) is 23.8 Å². The minimum atomic E-state index is -0.907. The molecule has 0 atom stereocenters. The number of piperazine rings is 1. The van der Waals surface area contributed by atoms with Crippen molar-refractivity contribution in [3.05, 3.63) is 10.6 Å². The van der Waals surface area contributed by atoms with E-state index >= 15 is 0 Å². The fraction of sp³-hybridized carbons (Fsp3) is 0.615. The maximum Gasteiger partial charge on any atom is 0.309 e. The largest absolute Gasteiger partial charge is 0.481 e. The van der Waals surface area contributed by atoms with Crippen LogP contribution >= 0.6 is 11.3 Å². The average molecular weight is 312 g/mol. The lowest BCUT2D eigenvalue weighted by molar-refractivity contribution is -0.136. The van der Waals surface area contributed by atoms with Gasteiger partial charge in [-0.1, -0.05) is 6.92 Å². The molecule has 1 saturated heterocycles. The maximum absolute atomic E-state index is 11.4. The predicted octanol–water partition coefficient (Wildman–Crippen LogP) is 0.524. The van der Waals surface area contributed by atoms with Gasteiger partial charge < -0.3 is 15.7 Å². The van der Waals surface area contributed by atoms with E-state index in [2.05, 4.69) is 20.5 Å². The van der Waals surface area contributed by atoms with E-state index in [0.717, 1.165) is 31.1 Å². The molecule has 8 heteroatoms. The number of nitrogens with one attached hydrogen (secondary N) is 2. The first-order valence-electron chi connectivity index (χ1n) is 7.01. The Bertz CT molecular complexity index is 512. The molecule has 1 fully saturated rings. The molecule has 0 bridgehead atoms. The number of hydrogen-bond donors (Lipinski definition) is 3. The second-order valence-electron chi connectivity index (χ2n) is 4.89. The van der Waals surface area contributed by atoms with Crippen LogP contribution in [0, 0.1) is 0 Å². The van der Waals surface area contributed by atoms with Crippen molar-refractivity contribution in [2.75, 3.05) is 31.5 Å². The van der Waals surface area contributed by atoms with Gasteiger partial charge in [0.15, 0.2) is 5.13 Å². The normalized spacial score (nSPS) is 15.9. The van der Waals surface area contributed by atoms with E-state index < -0.39 is 5.97 Å². The third-order valence-corrected chi connectivity index (χ3v) is 4.24. The van der Waals surface area contributed by atoms with Crippen molar-refractivity contribution >= 4 is 28.3 Å². The fourth-order valence-corrected chi connectivity index (χ4v) is 3.16. The lowest BCUT2D eigenvalue weighted by Crippen LogP contribution is -2.42. The summed E-state index contributed by atoms with van der Waals surface area (Å²) in [6, 6.07) is 0. The fourth-order valence-electron chi connectivity index (χ4n) is 2.12. The lowest BCUT2D eigenvalue weighted by atomic mass is 10.2. The Morgan fingerprint density at radius 1 is 1.43 bits per heavy atom. The van der Waals surface area contributed by atoms with Gasteiger partial charge in [-0.2, -0.15) is 0 Å². The lowest BCUT2D eigenvalue weighted by Gasteiger charge is -2.26. The molecule has 116 valence electrons. The van der Waals surface area contributed by atoms with E-state index in [1.807, 2.05) is 0 Å². The third kappa shape index (κ3) is 4.76. The van der Waals surface area contributed by atoms with Crippen LogP contribution in [0.25, 0.3) is 0 Å². The van der Waals surface area contributed by atoms with Crippen molar-refractivity contribution in [2.24, 2.45) is 0 Å². The van der Waals surface area contributed by atoms with Crippen LogP contribution in [-0.4, -0.2) is 53.0 Å². The summed E-state index contributed by atoms with van der Waals surface area (Å²) in [5.41, 5.74) is 0.553. The van der Waals surface area contributed by atoms with E-state index in [-0.39, 0.29) is 12.3 Å². The van der Waals surface area contributed by atoms with Gasteiger partial charge in [-0.15, -0.1) is 11.3 Å². The molecular formula is C13H20N4O3S. The number of hydrogen-bond acceptors (Lipinski definition) is 6. The highest BCUT2D eigenvalue weighted by molar-refractivity contribution is 7.15. The van der Waals surface area contributed by atoms with E-state index in [1.165, 1.54) is 11.3 Å². The number of carboxylic acids is 1. The second-order valence-corrected chi connectivity index (χ2v) is 5.97. The molecule has 3 N–H and O–H groups in total. The minimum absolute atomic E-state index is 0.111. The summed E-state index contributed by atoms with van der Waals surface area (Å²) in [6.45, 7) is 6.19. The zero-order chi connectivity index (χ0) is 15.2. The van der Waals surface area contributed by atoms with Crippen LogP contribution in [0.1, 0.15) is 23.9 Å². The standard InChI is InChI=1S/C13H20N4O3S/c1-2-11(18)16-13-15-9(7-12(19)20)10(21-13)8-17-5-3-14-4-6-17/h14H,2-8H2,1H3,(H,19,20)(H,15,16,18). The van der Waals surface area contributed by atoms with Crippen molar-refractivity contribution in [1.29, 1.82) is 0 Å². The van der Waals surface area contributed by atoms with Gasteiger partial charge in [0.2, 0.25) is 5.91 Å². The van der Waals surface area contributed by atoms with Crippen molar-refractivity contribution < 1.29 is 14.7 Å². The Balaban J connectivity index is 2.11. The zero-order valence-electron chi connectivity index (χ0n) is 12.0. The molecule has 2 heterocycles. The number of carbonyl (C=O) groups is 2. The minimum Gasteiger partial charge on any atom is -0.481 e. The number of nitrogens with zero attached hydrogens (tertiary/aromatic N) is 2. The van der Waals surface area contributed by atoms with Crippen molar-refractivity contribution in [2.45, 2.75) is 26.3 Å². The predicted molar refractivity (Wildman–Crippen MR) is 80.5 cm³/mol. The summed E-state index contributed by atoms with van der Waals surface area (Å²) in [6.07, 6.45) is 0.265. The number of carboxylic acid groups (broad SMARTS) is 1. The SMILES string of the molecule is CCC(=O)Nc1nc(CC(=O)O)c(CN2CCNCC2)s1. The molecule has 21 heavy (non-hydrogen) atoms. The highest BCUT2D eigenvalue weighted by atomic mass is 32.1. The molecule has 0 unspecified atom stereocenters. The van der Waals surface area contributed by atoms with Crippen LogP contribution in [0.2, 0.25) is 0 Å². The smallest absolute Gasteiger partial charge is 0.309 e. The topological polar surface area (TPSA) is 94.6 Å². The summed E-state index contributed by atoms with van der Waals surface area (Å²) in [7, 11) is 0. The van der Waals surface area contributed by atoms with Crippen LogP contribution in [0.3, 0.4) is 0 Å². The summed E-state index contributed by atoms with van der Waals surface area (Å²) in [5.74, 6) is -1.02. The molecule has 0 saturated carbocycles. The molecule has 1 aliphatic heterocycles. The highest BCUT2D eigenvalue weighted by Crippen LogP contribution is 2.25. The van der Waals surface area contributed by atoms with Crippen LogP contribution in [0.4, 0.5) is 5.13 Å². The number of carbonyl (C=O) groups excluding carboxylic acids is 1. The van der Waals surface area contributed by atoms with E-state index in [4.69, 9.17) is 5.11 Å². The number of aromatic nitrogens is 1. The Morgan fingerprint density at radius 3 is 2.76 bits per heavy atom. The summed E-state index contributed by atoms with van der Waals surface area (Å²) in [4.78, 5) is 29.8. The molecule has 7 nitrogen and oxygen atoms in total. The van der Waals surface area contributed by atoms with E-state index in [9.17, 15) is 9.59 Å². The van der Waals surface area contributed by atoms with Gasteiger partial charge in [0.1, 0.15) is 0 Å². The molecule has 0 aliphatic carbocycles. The molecular weight excluding hydrogens is 292 g/mol. The van der Waals surface area contributed by atoms with Gasteiger partial charge >= 0.3 is 5.97 Å². The third-order valence-electron chi connectivity index (χ3n) is 3.24. The Kier molecular flexibility index (Phi) is 5.66. The first-order valence-corrected chi connectivity index (χ1v) is 7.83. The summed E-state index contributed by atoms with van der Waals surface area (Å²) >= 11 is 1.37. The molecule has 1 aromatic rings. The van der Waals surface area contributed by atoms with Crippen LogP contribution in [0.5, 0.6) is 0 Å². The number of aliphatic carboxylic acids is 1. The molecule has 0 radical (unpaired) electrons. The molecule has 0 spiro atoms. The maximum atomic E-state index is 11.4. The van der Waals surface area contributed by atoms with Gasteiger partial charge in [0, 0.05) is 44.0 Å². The van der Waals surface area contributed by atoms with Crippen LogP contribution in [0.15, 0.2) is 0 Å². The first kappa shape index (κ1) is 15.9. The number of rotatable bonds is 6. The van der Waals surface area contributed by atoms with Crippen molar-refractivity contribution in [3.8, 4) is 0 Å². The Hall–Kier alpha value is -1.51. The number of anilines is 1. The van der Waals surface area contributed by atoms with Crippen LogP contribution in [-0.2, 0) is 22.6 Å². The quantitative estimate of drug-likeness (QED) is 0.709. The van der Waals surface area contributed by atoms with Gasteiger partial charge in [0.25, 0.3) is 0 Å². The number of amides is 1. The first-order chi connectivity index (χ1) is 10.1. The Morgan fingerprint density at radius 2 is 2.14 bits per heavy atom. The summed E-state index contributed by atoms with van der Waals surface area (Å²) < 4.78 is 0. The second kappa shape index (κ2) is 7.48. The monoisotopic (exact) mass is 312 g/mol. The summed E-state index contributed by atoms with van der Waals surface area (Å²) in [5, 5.41) is 15.5. The van der Waals surface area contributed by atoms with Gasteiger partial charge in [-0.3, -0.25) is 14.5 Å². The average Bonchev–Trinajstić information content (AvgIpc) is 2.80. The van der Waals surface area contributed by atoms with Crippen molar-refractivity contribution in [3.63, 3.8) is 0 Å². The van der Waals surface area contributed by atoms with Crippen molar-refractivity contribution in [1.82, 2.24) is 15.2 Å². The zero-order valence-corrected chi connectivity index (χ0v) is 12.8. The van der Waals surface area contributed by atoms with Gasteiger partial charge in [-0.05, 0) is 0 Å². The van der Waals surface area contributed by atoms with Crippen LogP contribution < -0.4 is 10.6 Å².